The first-order chi connectivity index (χ1) is 9.99. The molecular weight excluding hydrogens is 290 g/mol. The van der Waals surface area contributed by atoms with Crippen molar-refractivity contribution in [1.29, 1.82) is 0 Å². The largest absolute Gasteiger partial charge is 0.461 e. The summed E-state index contributed by atoms with van der Waals surface area (Å²) in [5.41, 5.74) is 0.315. The number of rotatable bonds is 8. The van der Waals surface area contributed by atoms with Gasteiger partial charge in [0.2, 0.25) is 5.01 Å². The maximum Gasteiger partial charge on any atom is 0.367 e. The number of amides is 1. The molecule has 1 amide bonds. The second-order valence-corrected chi connectivity index (χ2v) is 5.71. The summed E-state index contributed by atoms with van der Waals surface area (Å²) in [7, 11) is 3.94. The van der Waals surface area contributed by atoms with E-state index in [-0.39, 0.29) is 10.9 Å². The van der Waals surface area contributed by atoms with Gasteiger partial charge >= 0.3 is 5.97 Å². The van der Waals surface area contributed by atoms with Gasteiger partial charge in [0.1, 0.15) is 5.69 Å². The zero-order valence-electron chi connectivity index (χ0n) is 13.1. The molecule has 1 aromatic rings. The molecule has 0 saturated heterocycles. The van der Waals surface area contributed by atoms with Gasteiger partial charge in [0.15, 0.2) is 0 Å². The van der Waals surface area contributed by atoms with E-state index in [0.29, 0.717) is 25.4 Å². The van der Waals surface area contributed by atoms with Gasteiger partial charge in [0, 0.05) is 25.0 Å². The number of esters is 1. The Morgan fingerprint density at radius 3 is 2.52 bits per heavy atom. The van der Waals surface area contributed by atoms with Gasteiger partial charge in [-0.25, -0.2) is 9.78 Å². The molecule has 118 valence electrons. The van der Waals surface area contributed by atoms with Crippen molar-refractivity contribution in [3.63, 3.8) is 0 Å². The van der Waals surface area contributed by atoms with E-state index in [0.717, 1.165) is 24.3 Å². The van der Waals surface area contributed by atoms with E-state index in [4.69, 9.17) is 4.74 Å². The van der Waals surface area contributed by atoms with Crippen LogP contribution in [0.1, 0.15) is 40.6 Å². The Morgan fingerprint density at radius 2 is 1.95 bits per heavy atom. The highest BCUT2D eigenvalue weighted by molar-refractivity contribution is 7.11. The van der Waals surface area contributed by atoms with Crippen molar-refractivity contribution in [2.75, 3.05) is 40.3 Å². The number of thiazole rings is 1. The second kappa shape index (κ2) is 8.74. The van der Waals surface area contributed by atoms with Gasteiger partial charge in [0.25, 0.3) is 5.91 Å². The van der Waals surface area contributed by atoms with Crippen molar-refractivity contribution >= 4 is 23.2 Å². The first-order valence-electron chi connectivity index (χ1n) is 7.06. The summed E-state index contributed by atoms with van der Waals surface area (Å²) >= 11 is 1.14. The van der Waals surface area contributed by atoms with Crippen LogP contribution in [0.15, 0.2) is 5.38 Å². The second-order valence-electron chi connectivity index (χ2n) is 4.85. The SMILES string of the molecule is CCCN(CCN(C)C)C(=O)c1csc(C(=O)OCC)n1. The fraction of sp³-hybridized carbons (Fsp3) is 0.643. The van der Waals surface area contributed by atoms with Crippen LogP contribution in [-0.4, -0.2) is 67.0 Å². The molecule has 0 aliphatic carbocycles. The first-order valence-corrected chi connectivity index (χ1v) is 7.94. The van der Waals surface area contributed by atoms with Crippen LogP contribution in [0.2, 0.25) is 0 Å². The van der Waals surface area contributed by atoms with E-state index in [9.17, 15) is 9.59 Å². The van der Waals surface area contributed by atoms with Gasteiger partial charge in [-0.1, -0.05) is 6.92 Å². The molecular formula is C14H23N3O3S. The Hall–Kier alpha value is -1.47. The van der Waals surface area contributed by atoms with Crippen LogP contribution >= 0.6 is 11.3 Å². The normalized spacial score (nSPS) is 10.7. The molecule has 1 rings (SSSR count). The maximum absolute atomic E-state index is 12.4. The van der Waals surface area contributed by atoms with Crippen LogP contribution in [0.4, 0.5) is 0 Å². The number of ether oxygens (including phenoxy) is 1. The van der Waals surface area contributed by atoms with Gasteiger partial charge in [-0.2, -0.15) is 0 Å². The number of carbonyl (C=O) groups is 2. The van der Waals surface area contributed by atoms with Crippen LogP contribution < -0.4 is 0 Å². The smallest absolute Gasteiger partial charge is 0.367 e. The molecule has 7 heteroatoms. The van der Waals surface area contributed by atoms with E-state index >= 15 is 0 Å². The average Bonchev–Trinajstić information content (AvgIpc) is 2.92. The fourth-order valence-electron chi connectivity index (χ4n) is 1.73. The molecule has 0 aromatic carbocycles. The zero-order valence-corrected chi connectivity index (χ0v) is 13.9. The van der Waals surface area contributed by atoms with Gasteiger partial charge in [-0.05, 0) is 27.4 Å². The van der Waals surface area contributed by atoms with Crippen LogP contribution in [-0.2, 0) is 4.74 Å². The van der Waals surface area contributed by atoms with Crippen LogP contribution in [0, 0.1) is 0 Å². The topological polar surface area (TPSA) is 62.7 Å². The summed E-state index contributed by atoms with van der Waals surface area (Å²) in [6, 6.07) is 0. The van der Waals surface area contributed by atoms with Crippen LogP contribution in [0.3, 0.4) is 0 Å². The summed E-state index contributed by atoms with van der Waals surface area (Å²) < 4.78 is 4.89. The summed E-state index contributed by atoms with van der Waals surface area (Å²) in [4.78, 5) is 31.9. The van der Waals surface area contributed by atoms with Crippen molar-refractivity contribution < 1.29 is 14.3 Å². The lowest BCUT2D eigenvalue weighted by atomic mass is 10.3. The van der Waals surface area contributed by atoms with Gasteiger partial charge < -0.3 is 14.5 Å². The van der Waals surface area contributed by atoms with Gasteiger partial charge in [-0.15, -0.1) is 11.3 Å². The Bertz CT molecular complexity index is 474. The Balaban J connectivity index is 2.76. The number of carbonyl (C=O) groups excluding carboxylic acids is 2. The Morgan fingerprint density at radius 1 is 1.24 bits per heavy atom. The highest BCUT2D eigenvalue weighted by atomic mass is 32.1. The quantitative estimate of drug-likeness (QED) is 0.684. The van der Waals surface area contributed by atoms with Gasteiger partial charge in [-0.3, -0.25) is 4.79 Å². The first kappa shape index (κ1) is 17.6. The number of likely N-dealkylation sites (N-methyl/N-ethyl adjacent to an activating group) is 1. The highest BCUT2D eigenvalue weighted by Crippen LogP contribution is 2.13. The van der Waals surface area contributed by atoms with Crippen LogP contribution in [0.25, 0.3) is 0 Å². The third-order valence-electron chi connectivity index (χ3n) is 2.77. The van der Waals surface area contributed by atoms with Crippen molar-refractivity contribution in [1.82, 2.24) is 14.8 Å². The molecule has 21 heavy (non-hydrogen) atoms. The molecule has 0 atom stereocenters. The fourth-order valence-corrected chi connectivity index (χ4v) is 2.41. The van der Waals surface area contributed by atoms with Crippen molar-refractivity contribution in [2.45, 2.75) is 20.3 Å². The highest BCUT2D eigenvalue weighted by Gasteiger charge is 2.20. The van der Waals surface area contributed by atoms with Gasteiger partial charge in [0.05, 0.1) is 6.61 Å². The predicted molar refractivity (Wildman–Crippen MR) is 82.8 cm³/mol. The van der Waals surface area contributed by atoms with E-state index < -0.39 is 5.97 Å². The molecule has 0 N–H and O–H groups in total. The predicted octanol–water partition coefficient (Wildman–Crippen LogP) is 1.73. The summed E-state index contributed by atoms with van der Waals surface area (Å²) in [6.07, 6.45) is 0.883. The average molecular weight is 313 g/mol. The van der Waals surface area contributed by atoms with E-state index in [1.807, 2.05) is 25.9 Å². The van der Waals surface area contributed by atoms with Crippen molar-refractivity contribution in [3.05, 3.63) is 16.1 Å². The number of nitrogens with zero attached hydrogens (tertiary/aromatic N) is 3. The van der Waals surface area contributed by atoms with Crippen molar-refractivity contribution in [2.24, 2.45) is 0 Å². The van der Waals surface area contributed by atoms with E-state index in [1.165, 1.54) is 0 Å². The molecule has 0 fully saturated rings. The van der Waals surface area contributed by atoms with E-state index in [1.54, 1.807) is 17.2 Å². The molecule has 0 spiro atoms. The third-order valence-corrected chi connectivity index (χ3v) is 3.59. The molecule has 0 bridgehead atoms. The monoisotopic (exact) mass is 313 g/mol. The summed E-state index contributed by atoms with van der Waals surface area (Å²) in [5.74, 6) is -0.609. The van der Waals surface area contributed by atoms with E-state index in [2.05, 4.69) is 4.98 Å². The molecule has 0 saturated carbocycles. The molecule has 0 radical (unpaired) electrons. The molecule has 0 unspecified atom stereocenters. The molecule has 1 heterocycles. The lowest BCUT2D eigenvalue weighted by Gasteiger charge is -2.23. The lowest BCUT2D eigenvalue weighted by Crippen LogP contribution is -2.37. The molecule has 0 aliphatic heterocycles. The standard InChI is InChI=1S/C14H23N3O3S/c1-5-7-17(9-8-16(3)4)13(18)11-10-21-12(15-11)14(19)20-6-2/h10H,5-9H2,1-4H3. The zero-order chi connectivity index (χ0) is 15.8. The third kappa shape index (κ3) is 5.43. The number of hydrogen-bond acceptors (Lipinski definition) is 6. The summed E-state index contributed by atoms with van der Waals surface area (Å²) in [6.45, 7) is 6.18. The summed E-state index contributed by atoms with van der Waals surface area (Å²) in [5, 5.41) is 1.84. The molecule has 6 nitrogen and oxygen atoms in total. The number of aromatic nitrogens is 1. The molecule has 0 aliphatic rings. The Labute approximate surface area is 129 Å². The molecule has 1 aromatic heterocycles. The maximum atomic E-state index is 12.4. The lowest BCUT2D eigenvalue weighted by molar-refractivity contribution is 0.0526. The number of hydrogen-bond donors (Lipinski definition) is 0. The minimum Gasteiger partial charge on any atom is -0.461 e. The Kier molecular flexibility index (Phi) is 7.31. The minimum absolute atomic E-state index is 0.134. The van der Waals surface area contributed by atoms with Crippen molar-refractivity contribution in [3.8, 4) is 0 Å². The van der Waals surface area contributed by atoms with Crippen LogP contribution in [0.5, 0.6) is 0 Å². The minimum atomic E-state index is -0.475.